The average molecular weight is 370 g/mol. The molecule has 0 saturated carbocycles. The molecule has 1 amide bonds. The average Bonchev–Trinajstić information content (AvgIpc) is 2.92. The first-order chi connectivity index (χ1) is 11.6. The standard InChI is InChI=1S/C16H26N4O4S/c1-6-14(20-8-7-17-13(20)2)25(22,23)19-11-9-18(10-12-19)15(21)24-16(3,4)5/h6-8,14H,1,9-12H2,2-5H3. The summed E-state index contributed by atoms with van der Waals surface area (Å²) in [6.45, 7) is 11.8. The fraction of sp³-hybridized carbons (Fsp3) is 0.625. The molecule has 1 aromatic rings. The van der Waals surface area contributed by atoms with Crippen molar-refractivity contribution in [3.05, 3.63) is 30.9 Å². The Balaban J connectivity index is 2.07. The number of nitrogens with zero attached hydrogens (tertiary/aromatic N) is 4. The quantitative estimate of drug-likeness (QED) is 0.754. The predicted octanol–water partition coefficient (Wildman–Crippen LogP) is 1.76. The number of carbonyl (C=O) groups excluding carboxylic acids is 1. The summed E-state index contributed by atoms with van der Waals surface area (Å²) in [5, 5.41) is -0.914. The second-order valence-electron chi connectivity index (χ2n) is 6.92. The molecular weight excluding hydrogens is 344 g/mol. The van der Waals surface area contributed by atoms with Crippen molar-refractivity contribution in [1.29, 1.82) is 0 Å². The summed E-state index contributed by atoms with van der Waals surface area (Å²) in [6, 6.07) is 0. The molecule has 0 aliphatic carbocycles. The van der Waals surface area contributed by atoms with Gasteiger partial charge in [0.05, 0.1) is 0 Å². The van der Waals surface area contributed by atoms with Gasteiger partial charge in [0.15, 0.2) is 5.37 Å². The molecule has 0 aromatic carbocycles. The number of hydrogen-bond donors (Lipinski definition) is 0. The Morgan fingerprint density at radius 2 is 1.92 bits per heavy atom. The number of aryl methyl sites for hydroxylation is 1. The second kappa shape index (κ2) is 7.17. The number of imidazole rings is 1. The Kier molecular flexibility index (Phi) is 5.58. The van der Waals surface area contributed by atoms with Gasteiger partial charge in [0.2, 0.25) is 10.0 Å². The van der Waals surface area contributed by atoms with Crippen molar-refractivity contribution in [3.8, 4) is 0 Å². The molecule has 1 aliphatic rings. The van der Waals surface area contributed by atoms with Crippen LogP contribution in [0.2, 0.25) is 0 Å². The minimum atomic E-state index is -3.64. The molecule has 9 heteroatoms. The molecule has 0 spiro atoms. The minimum Gasteiger partial charge on any atom is -0.444 e. The fourth-order valence-electron chi connectivity index (χ4n) is 2.64. The van der Waals surface area contributed by atoms with Gasteiger partial charge in [-0.1, -0.05) is 12.7 Å². The summed E-state index contributed by atoms with van der Waals surface area (Å²) < 4.78 is 34.2. The van der Waals surface area contributed by atoms with E-state index < -0.39 is 27.1 Å². The topological polar surface area (TPSA) is 84.7 Å². The first kappa shape index (κ1) is 19.5. The van der Waals surface area contributed by atoms with E-state index in [1.165, 1.54) is 15.3 Å². The van der Waals surface area contributed by atoms with Crippen LogP contribution in [-0.2, 0) is 14.8 Å². The van der Waals surface area contributed by atoms with E-state index in [1.807, 2.05) is 0 Å². The fourth-order valence-corrected chi connectivity index (χ4v) is 4.37. The van der Waals surface area contributed by atoms with Crippen LogP contribution in [0.3, 0.4) is 0 Å². The highest BCUT2D eigenvalue weighted by Crippen LogP contribution is 2.24. The number of piperazine rings is 1. The number of hydrogen-bond acceptors (Lipinski definition) is 5. The van der Waals surface area contributed by atoms with Gasteiger partial charge in [0.1, 0.15) is 11.4 Å². The van der Waals surface area contributed by atoms with Gasteiger partial charge in [-0.15, -0.1) is 0 Å². The summed E-state index contributed by atoms with van der Waals surface area (Å²) in [4.78, 5) is 17.7. The zero-order chi connectivity index (χ0) is 18.8. The molecule has 1 fully saturated rings. The van der Waals surface area contributed by atoms with E-state index in [0.29, 0.717) is 18.9 Å². The molecular formula is C16H26N4O4S. The molecule has 1 atom stereocenters. The van der Waals surface area contributed by atoms with E-state index in [0.717, 1.165) is 0 Å². The molecule has 1 aliphatic heterocycles. The number of amides is 1. The Morgan fingerprint density at radius 3 is 2.36 bits per heavy atom. The van der Waals surface area contributed by atoms with Crippen LogP contribution in [0.15, 0.2) is 25.0 Å². The molecule has 0 N–H and O–H groups in total. The van der Waals surface area contributed by atoms with Crippen molar-refractivity contribution in [2.45, 2.75) is 38.7 Å². The second-order valence-corrected chi connectivity index (χ2v) is 8.95. The van der Waals surface area contributed by atoms with E-state index in [9.17, 15) is 13.2 Å². The van der Waals surface area contributed by atoms with Gasteiger partial charge in [-0.2, -0.15) is 4.31 Å². The van der Waals surface area contributed by atoms with Crippen LogP contribution in [0, 0.1) is 6.92 Å². The van der Waals surface area contributed by atoms with Crippen LogP contribution in [-0.4, -0.2) is 65.0 Å². The van der Waals surface area contributed by atoms with E-state index in [1.54, 1.807) is 44.7 Å². The van der Waals surface area contributed by atoms with Crippen molar-refractivity contribution in [2.24, 2.45) is 0 Å². The zero-order valence-electron chi connectivity index (χ0n) is 15.2. The van der Waals surface area contributed by atoms with Gasteiger partial charge >= 0.3 is 6.09 Å². The summed E-state index contributed by atoms with van der Waals surface area (Å²) in [5.74, 6) is 0.598. The SMILES string of the molecule is C=CC(n1ccnc1C)S(=O)(=O)N1CCN(C(=O)OC(C)(C)C)CC1. The lowest BCUT2D eigenvalue weighted by molar-refractivity contribution is 0.0192. The highest BCUT2D eigenvalue weighted by Gasteiger charge is 2.35. The van der Waals surface area contributed by atoms with E-state index in [2.05, 4.69) is 11.6 Å². The maximum atomic E-state index is 12.9. The first-order valence-electron chi connectivity index (χ1n) is 8.15. The normalized spacial score (nSPS) is 18.0. The maximum Gasteiger partial charge on any atom is 0.410 e. The van der Waals surface area contributed by atoms with Gasteiger partial charge in [-0.25, -0.2) is 18.2 Å². The van der Waals surface area contributed by atoms with Crippen LogP contribution in [0.1, 0.15) is 32.0 Å². The third-order valence-corrected chi connectivity index (χ3v) is 6.01. The van der Waals surface area contributed by atoms with Gasteiger partial charge in [0.25, 0.3) is 0 Å². The van der Waals surface area contributed by atoms with Crippen LogP contribution in [0.25, 0.3) is 0 Å². The molecule has 25 heavy (non-hydrogen) atoms. The molecule has 0 radical (unpaired) electrons. The molecule has 1 unspecified atom stereocenters. The van der Waals surface area contributed by atoms with Crippen molar-refractivity contribution in [1.82, 2.24) is 18.8 Å². The summed E-state index contributed by atoms with van der Waals surface area (Å²) >= 11 is 0. The Morgan fingerprint density at radius 1 is 1.32 bits per heavy atom. The lowest BCUT2D eigenvalue weighted by Gasteiger charge is -2.36. The van der Waals surface area contributed by atoms with Crippen LogP contribution < -0.4 is 0 Å². The third kappa shape index (κ3) is 4.40. The van der Waals surface area contributed by atoms with Gasteiger partial charge in [0, 0.05) is 38.6 Å². The minimum absolute atomic E-state index is 0.222. The van der Waals surface area contributed by atoms with Gasteiger partial charge in [-0.3, -0.25) is 0 Å². The Bertz CT molecular complexity index is 728. The monoisotopic (exact) mass is 370 g/mol. The lowest BCUT2D eigenvalue weighted by Crippen LogP contribution is -2.52. The largest absolute Gasteiger partial charge is 0.444 e. The number of rotatable bonds is 4. The summed E-state index contributed by atoms with van der Waals surface area (Å²) in [6.07, 6.45) is 4.15. The van der Waals surface area contributed by atoms with E-state index in [-0.39, 0.29) is 13.1 Å². The summed E-state index contributed by atoms with van der Waals surface area (Å²) in [7, 11) is -3.64. The van der Waals surface area contributed by atoms with Crippen molar-refractivity contribution >= 4 is 16.1 Å². The molecule has 8 nitrogen and oxygen atoms in total. The predicted molar refractivity (Wildman–Crippen MR) is 94.5 cm³/mol. The highest BCUT2D eigenvalue weighted by atomic mass is 32.2. The zero-order valence-corrected chi connectivity index (χ0v) is 16.0. The lowest BCUT2D eigenvalue weighted by atomic mass is 10.2. The Hall–Kier alpha value is -1.87. The highest BCUT2D eigenvalue weighted by molar-refractivity contribution is 7.89. The Labute approximate surface area is 149 Å². The molecule has 1 saturated heterocycles. The number of carbonyl (C=O) groups is 1. The molecule has 1 aromatic heterocycles. The van der Waals surface area contributed by atoms with Crippen molar-refractivity contribution < 1.29 is 17.9 Å². The molecule has 0 bridgehead atoms. The van der Waals surface area contributed by atoms with Crippen LogP contribution in [0.4, 0.5) is 4.79 Å². The van der Waals surface area contributed by atoms with E-state index in [4.69, 9.17) is 4.74 Å². The van der Waals surface area contributed by atoms with Gasteiger partial charge in [-0.05, 0) is 27.7 Å². The number of ether oxygens (including phenoxy) is 1. The number of aromatic nitrogens is 2. The van der Waals surface area contributed by atoms with Gasteiger partial charge < -0.3 is 14.2 Å². The number of sulfonamides is 1. The molecule has 2 rings (SSSR count). The molecule has 2 heterocycles. The van der Waals surface area contributed by atoms with Crippen molar-refractivity contribution in [3.63, 3.8) is 0 Å². The van der Waals surface area contributed by atoms with Crippen molar-refractivity contribution in [2.75, 3.05) is 26.2 Å². The smallest absolute Gasteiger partial charge is 0.410 e. The maximum absolute atomic E-state index is 12.9. The van der Waals surface area contributed by atoms with Crippen LogP contribution >= 0.6 is 0 Å². The van der Waals surface area contributed by atoms with Crippen LogP contribution in [0.5, 0.6) is 0 Å². The summed E-state index contributed by atoms with van der Waals surface area (Å²) in [5.41, 5.74) is -0.576. The van der Waals surface area contributed by atoms with E-state index >= 15 is 0 Å². The first-order valence-corrected chi connectivity index (χ1v) is 9.65. The molecule has 140 valence electrons. The third-order valence-electron chi connectivity index (χ3n) is 3.89.